The van der Waals surface area contributed by atoms with Crippen LogP contribution in [0.4, 0.5) is 0 Å². The van der Waals surface area contributed by atoms with Gasteiger partial charge in [0.2, 0.25) is 0 Å². The molecule has 0 aliphatic heterocycles. The number of hydrogen-bond acceptors (Lipinski definition) is 3. The Bertz CT molecular complexity index is 231. The third-order valence-corrected chi connectivity index (χ3v) is 4.76. The molecule has 0 aromatic carbocycles. The van der Waals surface area contributed by atoms with Crippen LogP contribution in [0.25, 0.3) is 0 Å². The molecule has 0 aromatic heterocycles. The van der Waals surface area contributed by atoms with E-state index in [-0.39, 0.29) is 0 Å². The average Bonchev–Trinajstić information content (AvgIpc) is 2.49. The lowest BCUT2D eigenvalue weighted by molar-refractivity contribution is 0.0564. The second kappa shape index (κ2) is 10.6. The fourth-order valence-corrected chi connectivity index (χ4v) is 3.62. The topological polar surface area (TPSA) is 24.5 Å². The lowest BCUT2D eigenvalue weighted by Gasteiger charge is -2.42. The molecule has 1 rings (SSSR count). The molecule has 1 saturated carbocycles. The Morgan fingerprint density at radius 1 is 1.20 bits per heavy atom. The van der Waals surface area contributed by atoms with Crippen molar-refractivity contribution in [1.29, 1.82) is 0 Å². The smallest absolute Gasteiger partial charge is 0.0589 e. The summed E-state index contributed by atoms with van der Waals surface area (Å²) in [5, 5.41) is 3.73. The number of ether oxygens (including phenoxy) is 1. The van der Waals surface area contributed by atoms with Gasteiger partial charge in [0.1, 0.15) is 0 Å². The maximum Gasteiger partial charge on any atom is 0.0589 e. The molecule has 0 radical (unpaired) electrons. The number of methoxy groups -OCH3 is 1. The lowest BCUT2D eigenvalue weighted by atomic mass is 9.88. The molecule has 0 heterocycles. The van der Waals surface area contributed by atoms with Gasteiger partial charge in [0.05, 0.1) is 6.61 Å². The van der Waals surface area contributed by atoms with Crippen LogP contribution < -0.4 is 5.32 Å². The Labute approximate surface area is 126 Å². The summed E-state index contributed by atoms with van der Waals surface area (Å²) in [5.41, 5.74) is 0. The van der Waals surface area contributed by atoms with E-state index < -0.39 is 0 Å². The van der Waals surface area contributed by atoms with Crippen LogP contribution in [0, 0.1) is 0 Å². The van der Waals surface area contributed by atoms with E-state index in [9.17, 15) is 0 Å². The van der Waals surface area contributed by atoms with Gasteiger partial charge < -0.3 is 10.1 Å². The van der Waals surface area contributed by atoms with Crippen molar-refractivity contribution in [1.82, 2.24) is 10.2 Å². The highest BCUT2D eigenvalue weighted by atomic mass is 16.5. The molecule has 3 heteroatoms. The Balaban J connectivity index is 2.58. The Hall–Kier alpha value is -0.120. The predicted molar refractivity (Wildman–Crippen MR) is 87.3 cm³/mol. The number of rotatable bonds is 10. The first-order chi connectivity index (χ1) is 9.76. The Morgan fingerprint density at radius 3 is 2.55 bits per heavy atom. The summed E-state index contributed by atoms with van der Waals surface area (Å²) in [6, 6.07) is 2.20. The molecule has 20 heavy (non-hydrogen) atoms. The second-order valence-corrected chi connectivity index (χ2v) is 6.17. The standard InChI is InChI=1S/C17H36N2O/c1-5-11-18-15-9-8-10-17(14-15)19(12-13-20-4)16(6-2)7-3/h15-18H,5-14H2,1-4H3. The average molecular weight is 284 g/mol. The van der Waals surface area contributed by atoms with Crippen LogP contribution in [0.15, 0.2) is 0 Å². The molecule has 120 valence electrons. The van der Waals surface area contributed by atoms with Crippen molar-refractivity contribution < 1.29 is 4.74 Å². The zero-order valence-corrected chi connectivity index (χ0v) is 14.2. The van der Waals surface area contributed by atoms with Crippen LogP contribution in [0.5, 0.6) is 0 Å². The van der Waals surface area contributed by atoms with E-state index in [4.69, 9.17) is 4.74 Å². The fraction of sp³-hybridized carbons (Fsp3) is 1.00. The van der Waals surface area contributed by atoms with Crippen LogP contribution in [0.1, 0.15) is 65.7 Å². The molecule has 2 unspecified atom stereocenters. The van der Waals surface area contributed by atoms with Gasteiger partial charge >= 0.3 is 0 Å². The molecule has 1 aliphatic rings. The first-order valence-corrected chi connectivity index (χ1v) is 8.74. The minimum Gasteiger partial charge on any atom is -0.383 e. The first kappa shape index (κ1) is 17.9. The first-order valence-electron chi connectivity index (χ1n) is 8.74. The summed E-state index contributed by atoms with van der Waals surface area (Å²) in [4.78, 5) is 2.74. The zero-order chi connectivity index (χ0) is 14.8. The van der Waals surface area contributed by atoms with E-state index in [0.29, 0.717) is 0 Å². The highest BCUT2D eigenvalue weighted by Gasteiger charge is 2.29. The molecule has 2 atom stereocenters. The fourth-order valence-electron chi connectivity index (χ4n) is 3.62. The molecule has 0 bridgehead atoms. The lowest BCUT2D eigenvalue weighted by Crippen LogP contribution is -2.49. The third-order valence-electron chi connectivity index (χ3n) is 4.76. The van der Waals surface area contributed by atoms with Crippen molar-refractivity contribution in [2.75, 3.05) is 26.8 Å². The summed E-state index contributed by atoms with van der Waals surface area (Å²) >= 11 is 0. The van der Waals surface area contributed by atoms with Gasteiger partial charge in [-0.05, 0) is 45.1 Å². The number of hydrogen-bond donors (Lipinski definition) is 1. The SMILES string of the molecule is CCCNC1CCCC(N(CCOC)C(CC)CC)C1. The molecule has 0 spiro atoms. The Kier molecular flexibility index (Phi) is 9.49. The molecular formula is C17H36N2O. The summed E-state index contributed by atoms with van der Waals surface area (Å²) in [6.45, 7) is 10.0. The highest BCUT2D eigenvalue weighted by Crippen LogP contribution is 2.26. The molecule has 1 aliphatic carbocycles. The van der Waals surface area contributed by atoms with Gasteiger partial charge in [-0.1, -0.05) is 27.2 Å². The van der Waals surface area contributed by atoms with Crippen LogP contribution >= 0.6 is 0 Å². The predicted octanol–water partition coefficient (Wildman–Crippen LogP) is 3.43. The number of nitrogens with zero attached hydrogens (tertiary/aromatic N) is 1. The quantitative estimate of drug-likeness (QED) is 0.665. The summed E-state index contributed by atoms with van der Waals surface area (Å²) in [7, 11) is 1.82. The van der Waals surface area contributed by atoms with Crippen molar-refractivity contribution in [2.24, 2.45) is 0 Å². The second-order valence-electron chi connectivity index (χ2n) is 6.17. The van der Waals surface area contributed by atoms with Crippen LogP contribution in [0.2, 0.25) is 0 Å². The highest BCUT2D eigenvalue weighted by molar-refractivity contribution is 4.86. The molecule has 1 N–H and O–H groups in total. The molecular weight excluding hydrogens is 248 g/mol. The molecule has 3 nitrogen and oxygen atoms in total. The van der Waals surface area contributed by atoms with Gasteiger partial charge in [0.15, 0.2) is 0 Å². The van der Waals surface area contributed by atoms with Crippen molar-refractivity contribution in [2.45, 2.75) is 83.8 Å². The van der Waals surface area contributed by atoms with Crippen LogP contribution in [0.3, 0.4) is 0 Å². The van der Waals surface area contributed by atoms with Gasteiger partial charge in [0.25, 0.3) is 0 Å². The molecule has 1 fully saturated rings. The van der Waals surface area contributed by atoms with Gasteiger partial charge in [-0.3, -0.25) is 4.90 Å². The Morgan fingerprint density at radius 2 is 1.95 bits per heavy atom. The van der Waals surface area contributed by atoms with E-state index >= 15 is 0 Å². The van der Waals surface area contributed by atoms with E-state index in [1.807, 2.05) is 7.11 Å². The normalized spacial score (nSPS) is 23.7. The van der Waals surface area contributed by atoms with E-state index in [0.717, 1.165) is 31.3 Å². The minimum absolute atomic E-state index is 0.722. The van der Waals surface area contributed by atoms with Crippen molar-refractivity contribution in [3.63, 3.8) is 0 Å². The van der Waals surface area contributed by atoms with E-state index in [2.05, 4.69) is 31.0 Å². The van der Waals surface area contributed by atoms with E-state index in [1.165, 1.54) is 51.5 Å². The summed E-state index contributed by atoms with van der Waals surface area (Å²) in [5.74, 6) is 0. The molecule has 0 amide bonds. The van der Waals surface area contributed by atoms with Crippen molar-refractivity contribution >= 4 is 0 Å². The van der Waals surface area contributed by atoms with Crippen LogP contribution in [-0.2, 0) is 4.74 Å². The molecule has 0 aromatic rings. The zero-order valence-electron chi connectivity index (χ0n) is 14.2. The number of nitrogens with one attached hydrogen (secondary N) is 1. The van der Waals surface area contributed by atoms with Gasteiger partial charge in [-0.2, -0.15) is 0 Å². The van der Waals surface area contributed by atoms with Gasteiger partial charge in [-0.25, -0.2) is 0 Å². The minimum atomic E-state index is 0.722. The largest absolute Gasteiger partial charge is 0.383 e. The molecule has 0 saturated heterocycles. The maximum atomic E-state index is 5.34. The summed E-state index contributed by atoms with van der Waals surface area (Å²) < 4.78 is 5.34. The van der Waals surface area contributed by atoms with E-state index in [1.54, 1.807) is 0 Å². The maximum absolute atomic E-state index is 5.34. The van der Waals surface area contributed by atoms with Gasteiger partial charge in [0, 0.05) is 31.8 Å². The van der Waals surface area contributed by atoms with Gasteiger partial charge in [-0.15, -0.1) is 0 Å². The van der Waals surface area contributed by atoms with Crippen molar-refractivity contribution in [3.05, 3.63) is 0 Å². The van der Waals surface area contributed by atoms with Crippen LogP contribution in [-0.4, -0.2) is 49.8 Å². The third kappa shape index (κ3) is 5.71. The summed E-state index contributed by atoms with van der Waals surface area (Å²) in [6.07, 6.45) is 9.16. The monoisotopic (exact) mass is 284 g/mol. The van der Waals surface area contributed by atoms with Crippen molar-refractivity contribution in [3.8, 4) is 0 Å².